The highest BCUT2D eigenvalue weighted by Crippen LogP contribution is 2.66. The van der Waals surface area contributed by atoms with Gasteiger partial charge in [0.05, 0.1) is 0 Å². The zero-order valence-electron chi connectivity index (χ0n) is 15.7. The normalized spacial score (nSPS) is 48.1. The molecule has 2 nitrogen and oxygen atoms in total. The minimum atomic E-state index is 0.369. The molecule has 1 amide bonds. The molecule has 3 fully saturated rings. The minimum Gasteiger partial charge on any atom is -0.276 e. The van der Waals surface area contributed by atoms with Gasteiger partial charge in [-0.15, -0.1) is 0 Å². The van der Waals surface area contributed by atoms with Crippen LogP contribution in [0.1, 0.15) is 78.6 Å². The monoisotopic (exact) mass is 327 g/mol. The molecule has 0 bridgehead atoms. The Morgan fingerprint density at radius 3 is 2.79 bits per heavy atom. The van der Waals surface area contributed by atoms with Gasteiger partial charge in [-0.05, 0) is 86.9 Å². The Morgan fingerprint density at radius 2 is 2.00 bits per heavy atom. The summed E-state index contributed by atoms with van der Waals surface area (Å²) in [5, 5.41) is 0. The summed E-state index contributed by atoms with van der Waals surface area (Å²) in [6, 6.07) is 0. The van der Waals surface area contributed by atoms with E-state index in [0.717, 1.165) is 29.9 Å². The van der Waals surface area contributed by atoms with Gasteiger partial charge in [0.2, 0.25) is 6.41 Å². The van der Waals surface area contributed by atoms with E-state index < -0.39 is 0 Å². The van der Waals surface area contributed by atoms with E-state index >= 15 is 0 Å². The molecule has 4 rings (SSSR count). The van der Waals surface area contributed by atoms with Crippen LogP contribution in [0.25, 0.3) is 0 Å². The van der Waals surface area contributed by atoms with Gasteiger partial charge in [0.1, 0.15) is 0 Å². The largest absolute Gasteiger partial charge is 0.276 e. The second kappa shape index (κ2) is 5.81. The summed E-state index contributed by atoms with van der Waals surface area (Å²) in [7, 11) is 0. The van der Waals surface area contributed by atoms with Crippen LogP contribution < -0.4 is 0 Å². The van der Waals surface area contributed by atoms with Gasteiger partial charge >= 0.3 is 0 Å². The highest BCUT2D eigenvalue weighted by Gasteiger charge is 2.58. The summed E-state index contributed by atoms with van der Waals surface area (Å²) in [6.07, 6.45) is 15.6. The van der Waals surface area contributed by atoms with Gasteiger partial charge in [-0.3, -0.25) is 4.79 Å². The van der Waals surface area contributed by atoms with E-state index in [4.69, 9.17) is 0 Å². The maximum Gasteiger partial charge on any atom is 0.232 e. The van der Waals surface area contributed by atoms with Crippen LogP contribution in [0.3, 0.4) is 0 Å². The zero-order valence-corrected chi connectivity index (χ0v) is 15.7. The molecule has 0 aliphatic heterocycles. The Kier molecular flexibility index (Phi) is 4.01. The van der Waals surface area contributed by atoms with Crippen LogP contribution in [0.15, 0.2) is 16.6 Å². The first-order chi connectivity index (χ1) is 11.5. The number of carbonyl (C=O) groups excluding carboxylic acids is 1. The molecule has 0 radical (unpaired) electrons. The molecular weight excluding hydrogens is 294 g/mol. The van der Waals surface area contributed by atoms with E-state index in [2.05, 4.69) is 31.8 Å². The summed E-state index contributed by atoms with van der Waals surface area (Å²) >= 11 is 0. The Balaban J connectivity index is 1.65. The van der Waals surface area contributed by atoms with Crippen LogP contribution in [0.5, 0.6) is 0 Å². The quantitative estimate of drug-likeness (QED) is 0.370. The van der Waals surface area contributed by atoms with Crippen molar-refractivity contribution in [3.05, 3.63) is 11.6 Å². The maximum absolute atomic E-state index is 10.9. The Bertz CT molecular complexity index is 591. The number of rotatable bonds is 2. The van der Waals surface area contributed by atoms with Crippen LogP contribution in [0.2, 0.25) is 0 Å². The molecule has 4 aliphatic rings. The molecule has 0 aromatic heterocycles. The molecule has 0 unspecified atom stereocenters. The molecule has 3 saturated carbocycles. The minimum absolute atomic E-state index is 0.369. The molecule has 24 heavy (non-hydrogen) atoms. The molecule has 2 heteroatoms. The number of fused-ring (bicyclic) bond motifs is 5. The SMILES string of the molecule is CC(=NC=O)[C@H]1CC[C@H]2[C@@H]3CC=C4CCCC[C@]4(C)[C@H]3CC[C@]12C. The van der Waals surface area contributed by atoms with Crippen molar-refractivity contribution >= 4 is 12.1 Å². The molecule has 0 heterocycles. The number of aliphatic imine (C=N–C) groups is 1. The van der Waals surface area contributed by atoms with Crippen molar-refractivity contribution in [1.29, 1.82) is 0 Å². The fourth-order valence-electron chi connectivity index (χ4n) is 7.56. The Morgan fingerprint density at radius 1 is 1.17 bits per heavy atom. The molecule has 0 aromatic carbocycles. The number of amides is 1. The lowest BCUT2D eigenvalue weighted by Crippen LogP contribution is -2.50. The predicted molar refractivity (Wildman–Crippen MR) is 99.0 cm³/mol. The van der Waals surface area contributed by atoms with Gasteiger partial charge in [-0.1, -0.05) is 31.9 Å². The number of carbonyl (C=O) groups is 1. The molecular formula is C22H33NO. The summed E-state index contributed by atoms with van der Waals surface area (Å²) < 4.78 is 0. The van der Waals surface area contributed by atoms with Crippen LogP contribution in [0, 0.1) is 34.5 Å². The zero-order chi connectivity index (χ0) is 16.9. The van der Waals surface area contributed by atoms with Crippen molar-refractivity contribution in [3.63, 3.8) is 0 Å². The second-order valence-corrected chi connectivity index (χ2v) is 9.52. The molecule has 6 atom stereocenters. The van der Waals surface area contributed by atoms with Gasteiger partial charge in [0.15, 0.2) is 0 Å². The van der Waals surface area contributed by atoms with Gasteiger partial charge in [-0.2, -0.15) is 0 Å². The van der Waals surface area contributed by atoms with Gasteiger partial charge in [0.25, 0.3) is 0 Å². The molecule has 4 aliphatic carbocycles. The van der Waals surface area contributed by atoms with Crippen LogP contribution in [-0.2, 0) is 4.79 Å². The number of hydrogen-bond donors (Lipinski definition) is 0. The standard InChI is InChI=1S/C22H33NO/c1-15(23-14-24)18-9-10-19-17-8-7-16-6-4-5-12-21(16,2)20(17)11-13-22(18,19)3/h7,14,17-20H,4-6,8-13H2,1-3H3/t17-,18+,19-,20-,21-,22+/m0/s1. The van der Waals surface area contributed by atoms with Crippen LogP contribution >= 0.6 is 0 Å². The van der Waals surface area contributed by atoms with E-state index in [1.807, 2.05) is 0 Å². The lowest BCUT2D eigenvalue weighted by molar-refractivity contribution is -0.106. The second-order valence-electron chi connectivity index (χ2n) is 9.52. The number of nitrogens with zero attached hydrogens (tertiary/aromatic N) is 1. The predicted octanol–water partition coefficient (Wildman–Crippen LogP) is 5.57. The summed E-state index contributed by atoms with van der Waals surface area (Å²) in [5.74, 6) is 3.12. The van der Waals surface area contributed by atoms with E-state index in [9.17, 15) is 4.79 Å². The Hall–Kier alpha value is -0.920. The van der Waals surface area contributed by atoms with Crippen molar-refractivity contribution in [2.75, 3.05) is 0 Å². The lowest BCUT2D eigenvalue weighted by Gasteiger charge is -2.57. The first kappa shape index (κ1) is 16.5. The smallest absolute Gasteiger partial charge is 0.232 e. The lowest BCUT2D eigenvalue weighted by atomic mass is 9.47. The van der Waals surface area contributed by atoms with E-state index in [1.54, 1.807) is 5.57 Å². The van der Waals surface area contributed by atoms with Crippen LogP contribution in [-0.4, -0.2) is 12.1 Å². The van der Waals surface area contributed by atoms with Crippen molar-refractivity contribution < 1.29 is 4.79 Å². The molecule has 0 spiro atoms. The highest BCUT2D eigenvalue weighted by atomic mass is 16.1. The first-order valence-electron chi connectivity index (χ1n) is 10.2. The van der Waals surface area contributed by atoms with Crippen LogP contribution in [0.4, 0.5) is 0 Å². The van der Waals surface area contributed by atoms with Crippen molar-refractivity contribution in [2.24, 2.45) is 39.5 Å². The van der Waals surface area contributed by atoms with Gasteiger partial charge in [-0.25, -0.2) is 4.99 Å². The maximum atomic E-state index is 10.9. The van der Waals surface area contributed by atoms with Gasteiger partial charge < -0.3 is 0 Å². The first-order valence-corrected chi connectivity index (χ1v) is 10.2. The number of hydrogen-bond acceptors (Lipinski definition) is 1. The molecule has 0 saturated heterocycles. The van der Waals surface area contributed by atoms with E-state index in [-0.39, 0.29) is 0 Å². The van der Waals surface area contributed by atoms with E-state index in [0.29, 0.717) is 16.7 Å². The third kappa shape index (κ3) is 2.21. The van der Waals surface area contributed by atoms with Crippen molar-refractivity contribution in [3.8, 4) is 0 Å². The molecule has 0 N–H and O–H groups in total. The number of allylic oxidation sites excluding steroid dienone is 2. The average Bonchev–Trinajstić information content (AvgIpc) is 2.92. The highest BCUT2D eigenvalue weighted by molar-refractivity contribution is 5.90. The van der Waals surface area contributed by atoms with Crippen molar-refractivity contribution in [2.45, 2.75) is 78.6 Å². The molecule has 0 aromatic rings. The summed E-state index contributed by atoms with van der Waals surface area (Å²) in [4.78, 5) is 15.0. The van der Waals surface area contributed by atoms with E-state index in [1.165, 1.54) is 57.8 Å². The summed E-state index contributed by atoms with van der Waals surface area (Å²) in [6.45, 7) is 7.18. The third-order valence-corrected chi connectivity index (χ3v) is 8.78. The molecule has 132 valence electrons. The van der Waals surface area contributed by atoms with Crippen molar-refractivity contribution in [1.82, 2.24) is 0 Å². The topological polar surface area (TPSA) is 29.4 Å². The average molecular weight is 328 g/mol. The fourth-order valence-corrected chi connectivity index (χ4v) is 7.56. The van der Waals surface area contributed by atoms with Gasteiger partial charge in [0, 0.05) is 11.6 Å². The Labute approximate surface area is 147 Å². The third-order valence-electron chi connectivity index (χ3n) is 8.78. The summed E-state index contributed by atoms with van der Waals surface area (Å²) in [5.41, 5.74) is 3.75. The fraction of sp³-hybridized carbons (Fsp3) is 0.818.